The standard InChI is InChI=1S/C16HF13O/c17-2-1-3(30)9(19)4-5-7(11(21)13(23)12(22)10(5)20)14(24,6(4)8(2)18)15(25,26)16(27,28)29/h1H. The maximum absolute atomic E-state index is 15.4. The molecule has 14 heteroatoms. The number of fused-ring (bicyclic) bond motifs is 3. The Hall–Kier alpha value is -2.80. The van der Waals surface area contributed by atoms with Crippen molar-refractivity contribution in [1.82, 2.24) is 0 Å². The highest BCUT2D eigenvalue weighted by atomic mass is 19.4. The van der Waals surface area contributed by atoms with Crippen LogP contribution in [0.5, 0.6) is 0 Å². The van der Waals surface area contributed by atoms with E-state index in [2.05, 4.69) is 0 Å². The van der Waals surface area contributed by atoms with Gasteiger partial charge in [-0.1, -0.05) is 0 Å². The van der Waals surface area contributed by atoms with Crippen LogP contribution in [0.3, 0.4) is 0 Å². The van der Waals surface area contributed by atoms with E-state index in [9.17, 15) is 57.5 Å². The molecular weight excluding hydrogens is 455 g/mol. The molecule has 0 bridgehead atoms. The van der Waals surface area contributed by atoms with Crippen molar-refractivity contribution in [3.63, 3.8) is 0 Å². The molecule has 1 nitrogen and oxygen atoms in total. The summed E-state index contributed by atoms with van der Waals surface area (Å²) in [6.45, 7) is 0. The second kappa shape index (κ2) is 6.11. The molecule has 0 heterocycles. The van der Waals surface area contributed by atoms with Crippen LogP contribution >= 0.6 is 0 Å². The lowest BCUT2D eigenvalue weighted by Crippen LogP contribution is -2.53. The van der Waals surface area contributed by atoms with Gasteiger partial charge in [0.1, 0.15) is 0 Å². The largest absolute Gasteiger partial charge is 0.457 e. The summed E-state index contributed by atoms with van der Waals surface area (Å²) in [4.78, 5) is 11.5. The Kier molecular flexibility index (Phi) is 4.46. The van der Waals surface area contributed by atoms with Crippen LogP contribution in [0.4, 0.5) is 57.1 Å². The SMILES string of the molecule is O=c1cc(F)c(F)c2c(c1F)-c1c(F)c(F)c(F)c(F)c1C2(F)C(F)(F)C(F)(F)F. The summed E-state index contributed by atoms with van der Waals surface area (Å²) in [6.07, 6.45) is -7.05. The Morgan fingerprint density at radius 2 is 1.07 bits per heavy atom. The van der Waals surface area contributed by atoms with E-state index in [-0.39, 0.29) is 0 Å². The Labute approximate surface area is 155 Å². The normalized spacial score (nSPS) is 18.4. The van der Waals surface area contributed by atoms with Gasteiger partial charge in [0.2, 0.25) is 11.1 Å². The van der Waals surface area contributed by atoms with Crippen LogP contribution in [0.25, 0.3) is 11.1 Å². The Morgan fingerprint density at radius 3 is 1.57 bits per heavy atom. The van der Waals surface area contributed by atoms with Crippen molar-refractivity contribution in [1.29, 1.82) is 0 Å². The van der Waals surface area contributed by atoms with Gasteiger partial charge in [-0.25, -0.2) is 35.1 Å². The molecule has 0 radical (unpaired) electrons. The smallest absolute Gasteiger partial charge is 0.287 e. The van der Waals surface area contributed by atoms with Gasteiger partial charge < -0.3 is 0 Å². The first-order chi connectivity index (χ1) is 13.5. The highest BCUT2D eigenvalue weighted by molar-refractivity contribution is 5.82. The van der Waals surface area contributed by atoms with Crippen LogP contribution in [-0.4, -0.2) is 12.1 Å². The van der Waals surface area contributed by atoms with E-state index in [1.165, 1.54) is 0 Å². The number of hydrogen-bond donors (Lipinski definition) is 0. The van der Waals surface area contributed by atoms with Gasteiger partial charge in [0, 0.05) is 17.2 Å². The summed E-state index contributed by atoms with van der Waals surface area (Å²) in [5.41, 5.74) is -19.3. The molecule has 0 aromatic heterocycles. The van der Waals surface area contributed by atoms with Crippen molar-refractivity contribution in [3.05, 3.63) is 68.1 Å². The zero-order valence-electron chi connectivity index (χ0n) is 13.4. The quantitative estimate of drug-likeness (QED) is 0.319. The van der Waals surface area contributed by atoms with E-state index < -0.39 is 92.2 Å². The second-order valence-electron chi connectivity index (χ2n) is 5.97. The molecule has 0 aliphatic heterocycles. The van der Waals surface area contributed by atoms with Gasteiger partial charge >= 0.3 is 12.1 Å². The summed E-state index contributed by atoms with van der Waals surface area (Å²) in [7, 11) is 0. The van der Waals surface area contributed by atoms with Crippen LogP contribution in [0, 0.1) is 40.7 Å². The van der Waals surface area contributed by atoms with Crippen molar-refractivity contribution in [2.75, 3.05) is 0 Å². The highest BCUT2D eigenvalue weighted by Crippen LogP contribution is 2.63. The zero-order chi connectivity index (χ0) is 23.1. The van der Waals surface area contributed by atoms with Crippen LogP contribution in [-0.2, 0) is 5.67 Å². The van der Waals surface area contributed by atoms with Crippen LogP contribution in [0.15, 0.2) is 10.9 Å². The van der Waals surface area contributed by atoms with Gasteiger partial charge in [0.15, 0.2) is 40.7 Å². The molecular formula is C16HF13O. The molecule has 2 aromatic rings. The number of hydrogen-bond acceptors (Lipinski definition) is 1. The monoisotopic (exact) mass is 456 g/mol. The van der Waals surface area contributed by atoms with Gasteiger partial charge in [-0.2, -0.15) is 22.0 Å². The summed E-state index contributed by atoms with van der Waals surface area (Å²) in [5.74, 6) is -27.6. The minimum atomic E-state index is -7.05. The molecule has 1 aliphatic carbocycles. The molecule has 1 aliphatic rings. The van der Waals surface area contributed by atoms with Gasteiger partial charge in [-0.15, -0.1) is 0 Å². The predicted octanol–water partition coefficient (Wildman–Crippen LogP) is 5.41. The average Bonchev–Trinajstić information content (AvgIpc) is 2.88. The first kappa shape index (κ1) is 21.9. The number of halogens is 13. The second-order valence-corrected chi connectivity index (χ2v) is 5.97. The van der Waals surface area contributed by atoms with Crippen LogP contribution in [0.2, 0.25) is 0 Å². The lowest BCUT2D eigenvalue weighted by molar-refractivity contribution is -0.323. The van der Waals surface area contributed by atoms with Crippen molar-refractivity contribution in [3.8, 4) is 11.1 Å². The van der Waals surface area contributed by atoms with Gasteiger partial charge in [-0.3, -0.25) is 4.79 Å². The molecule has 0 fully saturated rings. The van der Waals surface area contributed by atoms with Gasteiger partial charge in [-0.05, 0) is 0 Å². The minimum absolute atomic E-state index is 0.650. The number of benzene rings is 1. The topological polar surface area (TPSA) is 17.1 Å². The third kappa shape index (κ3) is 2.35. The van der Waals surface area contributed by atoms with E-state index in [0.717, 1.165) is 0 Å². The summed E-state index contributed by atoms with van der Waals surface area (Å²) >= 11 is 0. The number of alkyl halides is 6. The third-order valence-corrected chi connectivity index (χ3v) is 4.37. The van der Waals surface area contributed by atoms with Crippen molar-refractivity contribution in [2.45, 2.75) is 17.8 Å². The van der Waals surface area contributed by atoms with E-state index in [1.807, 2.05) is 0 Å². The van der Waals surface area contributed by atoms with Gasteiger partial charge in [0.05, 0.1) is 11.1 Å². The number of rotatable bonds is 1. The first-order valence-electron chi connectivity index (χ1n) is 7.24. The zero-order valence-corrected chi connectivity index (χ0v) is 13.4. The fraction of sp³-hybridized carbons (Fsp3) is 0.188. The van der Waals surface area contributed by atoms with Crippen molar-refractivity contribution in [2.24, 2.45) is 0 Å². The summed E-state index contributed by atoms with van der Waals surface area (Å²) in [5, 5.41) is 0. The van der Waals surface area contributed by atoms with Crippen LogP contribution < -0.4 is 5.43 Å². The molecule has 2 aromatic carbocycles. The summed E-state index contributed by atoms with van der Waals surface area (Å²) in [6, 6.07) is -0.650. The first-order valence-corrected chi connectivity index (χ1v) is 7.24. The molecule has 0 amide bonds. The Morgan fingerprint density at radius 1 is 0.633 bits per heavy atom. The Bertz CT molecular complexity index is 1170. The maximum atomic E-state index is 15.4. The molecule has 1 atom stereocenters. The highest BCUT2D eigenvalue weighted by Gasteiger charge is 2.77. The maximum Gasteiger partial charge on any atom is 0.457 e. The molecule has 3 rings (SSSR count). The molecule has 0 saturated carbocycles. The average molecular weight is 456 g/mol. The van der Waals surface area contributed by atoms with Crippen molar-refractivity contribution < 1.29 is 57.1 Å². The molecule has 0 saturated heterocycles. The van der Waals surface area contributed by atoms with E-state index >= 15 is 4.39 Å². The molecule has 30 heavy (non-hydrogen) atoms. The minimum Gasteiger partial charge on any atom is -0.287 e. The fourth-order valence-electron chi connectivity index (χ4n) is 3.09. The molecule has 1 unspecified atom stereocenters. The summed E-state index contributed by atoms with van der Waals surface area (Å²) < 4.78 is 180. The molecule has 0 spiro atoms. The third-order valence-electron chi connectivity index (χ3n) is 4.37. The molecule has 0 N–H and O–H groups in total. The van der Waals surface area contributed by atoms with E-state index in [1.54, 1.807) is 0 Å². The van der Waals surface area contributed by atoms with E-state index in [4.69, 9.17) is 0 Å². The predicted molar refractivity (Wildman–Crippen MR) is 70.7 cm³/mol. The van der Waals surface area contributed by atoms with Crippen LogP contribution in [0.1, 0.15) is 11.1 Å². The van der Waals surface area contributed by atoms with Gasteiger partial charge in [0.25, 0.3) is 0 Å². The lowest BCUT2D eigenvalue weighted by atomic mass is 9.85. The van der Waals surface area contributed by atoms with Crippen molar-refractivity contribution >= 4 is 0 Å². The molecule has 162 valence electrons. The Balaban J connectivity index is 2.79. The fourth-order valence-corrected chi connectivity index (χ4v) is 3.09. The van der Waals surface area contributed by atoms with E-state index in [0.29, 0.717) is 0 Å². The lowest BCUT2D eigenvalue weighted by Gasteiger charge is -2.33.